The maximum atomic E-state index is 12.4. The molecule has 3 rings (SSSR count). The highest BCUT2D eigenvalue weighted by atomic mass is 16.2. The number of hydrogen-bond donors (Lipinski definition) is 3. The van der Waals surface area contributed by atoms with Crippen LogP contribution in [-0.2, 0) is 4.79 Å². The highest BCUT2D eigenvalue weighted by molar-refractivity contribution is 6.07. The summed E-state index contributed by atoms with van der Waals surface area (Å²) in [4.78, 5) is 24.2. The van der Waals surface area contributed by atoms with Crippen LogP contribution >= 0.6 is 0 Å². The molecular weight excluding hydrogens is 328 g/mol. The van der Waals surface area contributed by atoms with Gasteiger partial charge in [0, 0.05) is 11.3 Å². The lowest BCUT2D eigenvalue weighted by atomic mass is 10.0. The smallest absolute Gasteiger partial charge is 0.259 e. The van der Waals surface area contributed by atoms with E-state index in [1.807, 2.05) is 42.5 Å². The van der Waals surface area contributed by atoms with E-state index in [0.29, 0.717) is 11.3 Å². The lowest BCUT2D eigenvalue weighted by Crippen LogP contribution is -2.35. The van der Waals surface area contributed by atoms with Crippen LogP contribution in [-0.4, -0.2) is 24.6 Å². The van der Waals surface area contributed by atoms with Gasteiger partial charge in [0.05, 0.1) is 12.8 Å². The molecule has 0 saturated carbocycles. The van der Waals surface area contributed by atoms with Crippen molar-refractivity contribution in [1.82, 2.24) is 10.7 Å². The molecule has 6 nitrogen and oxygen atoms in total. The Balaban J connectivity index is 1.56. The maximum absolute atomic E-state index is 12.4. The zero-order valence-corrected chi connectivity index (χ0v) is 14.0. The third-order valence-electron chi connectivity index (χ3n) is 3.76. The minimum absolute atomic E-state index is 0.170. The van der Waals surface area contributed by atoms with Gasteiger partial charge < -0.3 is 11.1 Å². The topological polar surface area (TPSA) is 96.6 Å². The molecule has 0 saturated heterocycles. The van der Waals surface area contributed by atoms with E-state index >= 15 is 0 Å². The monoisotopic (exact) mass is 346 g/mol. The molecule has 0 aliphatic rings. The summed E-state index contributed by atoms with van der Waals surface area (Å²) in [5.74, 6) is -0.726. The Morgan fingerprint density at radius 2 is 1.77 bits per heavy atom. The largest absolute Gasteiger partial charge is 0.399 e. The molecule has 130 valence electrons. The average Bonchev–Trinajstić information content (AvgIpc) is 2.66. The second-order valence-corrected chi connectivity index (χ2v) is 5.67. The van der Waals surface area contributed by atoms with E-state index in [4.69, 9.17) is 5.73 Å². The minimum atomic E-state index is -0.418. The van der Waals surface area contributed by atoms with Gasteiger partial charge in [-0.05, 0) is 34.5 Å². The van der Waals surface area contributed by atoms with E-state index in [-0.39, 0.29) is 12.5 Å². The van der Waals surface area contributed by atoms with Gasteiger partial charge in [-0.2, -0.15) is 5.10 Å². The minimum Gasteiger partial charge on any atom is -0.399 e. The van der Waals surface area contributed by atoms with Crippen LogP contribution < -0.4 is 16.5 Å². The number of rotatable bonds is 5. The van der Waals surface area contributed by atoms with Gasteiger partial charge in [-0.1, -0.05) is 48.5 Å². The molecule has 0 heterocycles. The number of hydrogen-bond acceptors (Lipinski definition) is 4. The summed E-state index contributed by atoms with van der Waals surface area (Å²) in [6.07, 6.45) is 1.49. The molecule has 4 N–H and O–H groups in total. The summed E-state index contributed by atoms with van der Waals surface area (Å²) < 4.78 is 0. The first kappa shape index (κ1) is 17.2. The van der Waals surface area contributed by atoms with Gasteiger partial charge in [-0.3, -0.25) is 9.59 Å². The molecule has 0 spiro atoms. The van der Waals surface area contributed by atoms with Crippen molar-refractivity contribution in [2.75, 3.05) is 12.3 Å². The second kappa shape index (κ2) is 7.94. The van der Waals surface area contributed by atoms with Gasteiger partial charge in [-0.15, -0.1) is 0 Å². The standard InChI is InChI=1S/C20H18N4O2/c21-16-8-3-5-14(11-16)12-23-24-19(25)13-22-20(26)18-10-4-7-15-6-1-2-9-17(15)18/h1-12H,13,21H2,(H,22,26)(H,24,25)/b23-12+. The Morgan fingerprint density at radius 3 is 2.62 bits per heavy atom. The van der Waals surface area contributed by atoms with Crippen LogP contribution in [0.4, 0.5) is 5.69 Å². The van der Waals surface area contributed by atoms with Crippen molar-refractivity contribution < 1.29 is 9.59 Å². The average molecular weight is 346 g/mol. The first-order chi connectivity index (χ1) is 12.6. The number of anilines is 1. The van der Waals surface area contributed by atoms with Crippen molar-refractivity contribution in [2.24, 2.45) is 5.10 Å². The molecule has 0 unspecified atom stereocenters. The summed E-state index contributed by atoms with van der Waals surface area (Å²) in [5.41, 5.74) is 9.95. The van der Waals surface area contributed by atoms with E-state index in [9.17, 15) is 9.59 Å². The number of nitrogens with two attached hydrogens (primary N) is 1. The number of benzene rings is 3. The van der Waals surface area contributed by atoms with Gasteiger partial charge in [-0.25, -0.2) is 5.43 Å². The summed E-state index contributed by atoms with van der Waals surface area (Å²) in [5, 5.41) is 8.26. The van der Waals surface area contributed by atoms with Crippen molar-refractivity contribution >= 4 is 34.5 Å². The van der Waals surface area contributed by atoms with E-state index in [0.717, 1.165) is 16.3 Å². The number of carbonyl (C=O) groups excluding carboxylic acids is 2. The Bertz CT molecular complexity index is 977. The number of nitrogen functional groups attached to an aromatic ring is 1. The number of fused-ring (bicyclic) bond motifs is 1. The third kappa shape index (κ3) is 4.24. The van der Waals surface area contributed by atoms with Crippen LogP contribution in [0.2, 0.25) is 0 Å². The third-order valence-corrected chi connectivity index (χ3v) is 3.76. The first-order valence-corrected chi connectivity index (χ1v) is 8.07. The molecule has 0 aliphatic carbocycles. The normalized spacial score (nSPS) is 10.8. The first-order valence-electron chi connectivity index (χ1n) is 8.07. The summed E-state index contributed by atoms with van der Waals surface area (Å²) in [7, 11) is 0. The molecule has 0 fully saturated rings. The zero-order chi connectivity index (χ0) is 18.4. The Hall–Kier alpha value is -3.67. The van der Waals surface area contributed by atoms with Gasteiger partial charge in [0.15, 0.2) is 0 Å². The van der Waals surface area contributed by atoms with Crippen molar-refractivity contribution in [2.45, 2.75) is 0 Å². The molecule has 3 aromatic rings. The SMILES string of the molecule is Nc1cccc(/C=N/NC(=O)CNC(=O)c2cccc3ccccc23)c1. The number of nitrogens with one attached hydrogen (secondary N) is 2. The van der Waals surface area contributed by atoms with Crippen LogP contribution in [0.1, 0.15) is 15.9 Å². The Morgan fingerprint density at radius 1 is 1.00 bits per heavy atom. The predicted octanol–water partition coefficient (Wildman–Crippen LogP) is 2.30. The Labute approximate surface area is 150 Å². The van der Waals surface area contributed by atoms with Crippen LogP contribution in [0, 0.1) is 0 Å². The van der Waals surface area contributed by atoms with Gasteiger partial charge in [0.1, 0.15) is 0 Å². The van der Waals surface area contributed by atoms with E-state index in [1.54, 1.807) is 24.3 Å². The van der Waals surface area contributed by atoms with E-state index in [2.05, 4.69) is 15.8 Å². The molecule has 26 heavy (non-hydrogen) atoms. The highest BCUT2D eigenvalue weighted by Crippen LogP contribution is 2.18. The number of hydrazone groups is 1. The van der Waals surface area contributed by atoms with Crippen molar-refractivity contribution in [3.05, 3.63) is 77.9 Å². The highest BCUT2D eigenvalue weighted by Gasteiger charge is 2.10. The van der Waals surface area contributed by atoms with Gasteiger partial charge in [0.25, 0.3) is 11.8 Å². The number of carbonyl (C=O) groups is 2. The van der Waals surface area contributed by atoms with Gasteiger partial charge >= 0.3 is 0 Å². The molecule has 3 aromatic carbocycles. The fourth-order valence-corrected chi connectivity index (χ4v) is 2.54. The number of amides is 2. The molecule has 2 amide bonds. The van der Waals surface area contributed by atoms with Crippen molar-refractivity contribution in [3.8, 4) is 0 Å². The molecule has 0 atom stereocenters. The zero-order valence-electron chi connectivity index (χ0n) is 14.0. The lowest BCUT2D eigenvalue weighted by molar-refractivity contribution is -0.120. The van der Waals surface area contributed by atoms with Crippen molar-refractivity contribution in [1.29, 1.82) is 0 Å². The summed E-state index contributed by atoms with van der Waals surface area (Å²) >= 11 is 0. The summed E-state index contributed by atoms with van der Waals surface area (Å²) in [6, 6.07) is 20.2. The quantitative estimate of drug-likeness (QED) is 0.376. The molecule has 6 heteroatoms. The molecule has 0 aromatic heterocycles. The molecule has 0 radical (unpaired) electrons. The summed E-state index contributed by atoms with van der Waals surface area (Å²) in [6.45, 7) is -0.170. The molecule has 0 aliphatic heterocycles. The fourth-order valence-electron chi connectivity index (χ4n) is 2.54. The second-order valence-electron chi connectivity index (χ2n) is 5.67. The van der Waals surface area contributed by atoms with Crippen LogP contribution in [0.25, 0.3) is 10.8 Å². The lowest BCUT2D eigenvalue weighted by Gasteiger charge is -2.07. The van der Waals surface area contributed by atoms with Crippen LogP contribution in [0.5, 0.6) is 0 Å². The van der Waals surface area contributed by atoms with Crippen molar-refractivity contribution in [3.63, 3.8) is 0 Å². The molecule has 0 bridgehead atoms. The predicted molar refractivity (Wildman–Crippen MR) is 103 cm³/mol. The molecular formula is C20H18N4O2. The fraction of sp³-hybridized carbons (Fsp3) is 0.0500. The Kier molecular flexibility index (Phi) is 5.24. The van der Waals surface area contributed by atoms with E-state index < -0.39 is 5.91 Å². The van der Waals surface area contributed by atoms with Crippen LogP contribution in [0.15, 0.2) is 71.8 Å². The van der Waals surface area contributed by atoms with Gasteiger partial charge in [0.2, 0.25) is 0 Å². The van der Waals surface area contributed by atoms with Crippen LogP contribution in [0.3, 0.4) is 0 Å². The van der Waals surface area contributed by atoms with E-state index in [1.165, 1.54) is 6.21 Å². The number of nitrogens with zero attached hydrogens (tertiary/aromatic N) is 1. The maximum Gasteiger partial charge on any atom is 0.259 e.